The van der Waals surface area contributed by atoms with Gasteiger partial charge in [0.2, 0.25) is 0 Å². The van der Waals surface area contributed by atoms with Crippen LogP contribution >= 0.6 is 11.5 Å². The maximum Gasteiger partial charge on any atom is 0.305 e. The maximum atomic E-state index is 10.6. The third-order valence-electron chi connectivity index (χ3n) is 1.73. The minimum atomic E-state index is -0.712. The fraction of sp³-hybridized carbons (Fsp3) is 0. The SMILES string of the molecule is O=[N+]([O-])c1cc([N+](=O)[O-])c2nnsc2c1. The molecular weight excluding hydrogens is 224 g/mol. The number of fused-ring (bicyclic) bond motifs is 1. The van der Waals surface area contributed by atoms with E-state index in [0.29, 0.717) is 4.70 Å². The van der Waals surface area contributed by atoms with E-state index in [9.17, 15) is 20.2 Å². The highest BCUT2D eigenvalue weighted by molar-refractivity contribution is 7.13. The first-order chi connectivity index (χ1) is 7.09. The molecule has 0 aliphatic rings. The van der Waals surface area contributed by atoms with Gasteiger partial charge in [-0.3, -0.25) is 20.2 Å². The van der Waals surface area contributed by atoms with Crippen LogP contribution in [0.2, 0.25) is 0 Å². The summed E-state index contributed by atoms with van der Waals surface area (Å²) < 4.78 is 3.84. The molecule has 1 aromatic heterocycles. The summed E-state index contributed by atoms with van der Waals surface area (Å²) in [4.78, 5) is 19.7. The predicted octanol–water partition coefficient (Wildman–Crippen LogP) is 1.51. The normalized spacial score (nSPS) is 10.4. The smallest absolute Gasteiger partial charge is 0.258 e. The van der Waals surface area contributed by atoms with Gasteiger partial charge < -0.3 is 0 Å². The van der Waals surface area contributed by atoms with Crippen molar-refractivity contribution in [3.63, 3.8) is 0 Å². The first-order valence-electron chi connectivity index (χ1n) is 3.64. The average Bonchev–Trinajstić information content (AvgIpc) is 2.62. The summed E-state index contributed by atoms with van der Waals surface area (Å²) in [5.41, 5.74) is -0.649. The molecule has 1 aromatic carbocycles. The summed E-state index contributed by atoms with van der Waals surface area (Å²) in [5.74, 6) is 0. The van der Waals surface area contributed by atoms with Crippen molar-refractivity contribution in [1.29, 1.82) is 0 Å². The van der Waals surface area contributed by atoms with Gasteiger partial charge in [0, 0.05) is 6.07 Å². The molecule has 0 saturated carbocycles. The van der Waals surface area contributed by atoms with Crippen LogP contribution in [0.1, 0.15) is 0 Å². The van der Waals surface area contributed by atoms with Crippen molar-refractivity contribution in [2.75, 3.05) is 0 Å². The van der Waals surface area contributed by atoms with Crippen LogP contribution in [0.3, 0.4) is 0 Å². The molecule has 0 amide bonds. The van der Waals surface area contributed by atoms with Crippen LogP contribution in [0.4, 0.5) is 11.4 Å². The van der Waals surface area contributed by atoms with Crippen LogP contribution in [-0.4, -0.2) is 19.4 Å². The molecule has 0 fully saturated rings. The van der Waals surface area contributed by atoms with Gasteiger partial charge in [0.25, 0.3) is 5.69 Å². The van der Waals surface area contributed by atoms with E-state index in [1.54, 1.807) is 0 Å². The molecule has 2 aromatic rings. The standard InChI is InChI=1S/C6H2N4O4S/c11-9(12)3-1-4(10(13)14)6-5(2-3)15-8-7-6/h1-2H. The predicted molar refractivity (Wildman–Crippen MR) is 50.7 cm³/mol. The molecule has 8 nitrogen and oxygen atoms in total. The molecule has 0 bridgehead atoms. The monoisotopic (exact) mass is 226 g/mol. The van der Waals surface area contributed by atoms with Gasteiger partial charge in [-0.1, -0.05) is 4.49 Å². The molecule has 15 heavy (non-hydrogen) atoms. The Kier molecular flexibility index (Phi) is 2.01. The Bertz CT molecular complexity index is 565. The Balaban J connectivity index is 2.80. The number of nitro groups is 2. The Labute approximate surface area is 85.6 Å². The number of nitro benzene ring substituents is 2. The van der Waals surface area contributed by atoms with E-state index in [4.69, 9.17) is 0 Å². The van der Waals surface area contributed by atoms with E-state index >= 15 is 0 Å². The molecule has 0 saturated heterocycles. The highest BCUT2D eigenvalue weighted by Gasteiger charge is 2.21. The number of hydrogen-bond donors (Lipinski definition) is 0. The van der Waals surface area contributed by atoms with Gasteiger partial charge in [0.1, 0.15) is 0 Å². The largest absolute Gasteiger partial charge is 0.305 e. The Morgan fingerprint density at radius 1 is 1.20 bits per heavy atom. The van der Waals surface area contributed by atoms with Crippen LogP contribution in [0.15, 0.2) is 12.1 Å². The van der Waals surface area contributed by atoms with E-state index in [2.05, 4.69) is 9.59 Å². The molecule has 0 aliphatic heterocycles. The maximum absolute atomic E-state index is 10.6. The Morgan fingerprint density at radius 2 is 1.93 bits per heavy atom. The summed E-state index contributed by atoms with van der Waals surface area (Å²) in [6.45, 7) is 0. The molecular formula is C6H2N4O4S. The van der Waals surface area contributed by atoms with E-state index in [1.807, 2.05) is 0 Å². The summed E-state index contributed by atoms with van der Waals surface area (Å²) in [6.07, 6.45) is 0. The Morgan fingerprint density at radius 3 is 2.53 bits per heavy atom. The van der Waals surface area contributed by atoms with Crippen molar-refractivity contribution in [3.05, 3.63) is 32.4 Å². The molecule has 0 atom stereocenters. The number of aromatic nitrogens is 2. The van der Waals surface area contributed by atoms with Gasteiger partial charge in [0.05, 0.1) is 20.6 Å². The van der Waals surface area contributed by atoms with E-state index < -0.39 is 15.5 Å². The molecule has 0 spiro atoms. The van der Waals surface area contributed by atoms with Gasteiger partial charge in [-0.15, -0.1) is 5.10 Å². The van der Waals surface area contributed by atoms with E-state index in [0.717, 1.165) is 17.6 Å². The van der Waals surface area contributed by atoms with Gasteiger partial charge in [-0.05, 0) is 11.5 Å². The van der Waals surface area contributed by atoms with Gasteiger partial charge in [0.15, 0.2) is 5.52 Å². The van der Waals surface area contributed by atoms with Crippen molar-refractivity contribution in [2.45, 2.75) is 0 Å². The van der Waals surface area contributed by atoms with Crippen molar-refractivity contribution >= 4 is 33.1 Å². The molecule has 0 unspecified atom stereocenters. The molecule has 76 valence electrons. The van der Waals surface area contributed by atoms with Crippen LogP contribution < -0.4 is 0 Å². The molecule has 9 heteroatoms. The van der Waals surface area contributed by atoms with Gasteiger partial charge in [-0.2, -0.15) is 0 Å². The summed E-state index contributed by atoms with van der Waals surface area (Å²) in [5, 5.41) is 24.6. The van der Waals surface area contributed by atoms with Crippen LogP contribution in [0.25, 0.3) is 10.2 Å². The van der Waals surface area contributed by atoms with Gasteiger partial charge in [-0.25, -0.2) is 0 Å². The van der Waals surface area contributed by atoms with E-state index in [1.165, 1.54) is 6.07 Å². The quantitative estimate of drug-likeness (QED) is 0.566. The minimum Gasteiger partial charge on any atom is -0.258 e. The molecule has 0 radical (unpaired) electrons. The highest BCUT2D eigenvalue weighted by Crippen LogP contribution is 2.30. The number of non-ortho nitro benzene ring substituents is 2. The second-order valence-electron chi connectivity index (χ2n) is 2.60. The lowest BCUT2D eigenvalue weighted by Crippen LogP contribution is -1.93. The lowest BCUT2D eigenvalue weighted by atomic mass is 10.2. The first-order valence-corrected chi connectivity index (χ1v) is 4.42. The summed E-state index contributed by atoms with van der Waals surface area (Å²) in [7, 11) is 0. The van der Waals surface area contributed by atoms with Crippen LogP contribution in [0, 0.1) is 20.2 Å². The van der Waals surface area contributed by atoms with Crippen LogP contribution in [-0.2, 0) is 0 Å². The zero-order valence-electron chi connectivity index (χ0n) is 6.98. The molecule has 0 aliphatic carbocycles. The zero-order chi connectivity index (χ0) is 11.0. The van der Waals surface area contributed by atoms with Crippen molar-refractivity contribution < 1.29 is 9.85 Å². The number of benzene rings is 1. The lowest BCUT2D eigenvalue weighted by molar-refractivity contribution is -0.393. The fourth-order valence-corrected chi connectivity index (χ4v) is 1.71. The zero-order valence-corrected chi connectivity index (χ0v) is 7.80. The van der Waals surface area contributed by atoms with E-state index in [-0.39, 0.29) is 11.2 Å². The van der Waals surface area contributed by atoms with Crippen LogP contribution in [0.5, 0.6) is 0 Å². The topological polar surface area (TPSA) is 112 Å². The number of hydrogen-bond acceptors (Lipinski definition) is 7. The average molecular weight is 226 g/mol. The fourth-order valence-electron chi connectivity index (χ4n) is 1.10. The summed E-state index contributed by atoms with van der Waals surface area (Å²) in [6, 6.07) is 2.09. The van der Waals surface area contributed by atoms with Crippen molar-refractivity contribution in [1.82, 2.24) is 9.59 Å². The summed E-state index contributed by atoms with van der Waals surface area (Å²) >= 11 is 0.880. The van der Waals surface area contributed by atoms with Gasteiger partial charge >= 0.3 is 5.69 Å². The molecule has 2 rings (SSSR count). The Hall–Kier alpha value is -2.16. The minimum absolute atomic E-state index is 0.0793. The first kappa shape index (κ1) is 9.40. The van der Waals surface area contributed by atoms with Crippen molar-refractivity contribution in [3.8, 4) is 0 Å². The number of nitrogens with zero attached hydrogens (tertiary/aromatic N) is 4. The second-order valence-corrected chi connectivity index (χ2v) is 3.38. The third kappa shape index (κ3) is 1.48. The molecule has 0 N–H and O–H groups in total. The van der Waals surface area contributed by atoms with Crippen molar-refractivity contribution in [2.24, 2.45) is 0 Å². The second kappa shape index (κ2) is 3.20. The third-order valence-corrected chi connectivity index (χ3v) is 2.40. The molecule has 1 heterocycles. The lowest BCUT2D eigenvalue weighted by Gasteiger charge is -1.92. The highest BCUT2D eigenvalue weighted by atomic mass is 32.1. The number of rotatable bonds is 2.